The van der Waals surface area contributed by atoms with Gasteiger partial charge >= 0.3 is 0 Å². The molecular formula is C17H31NO2S. The summed E-state index contributed by atoms with van der Waals surface area (Å²) >= 11 is 1.73. The van der Waals surface area contributed by atoms with Crippen molar-refractivity contribution < 1.29 is 9.84 Å². The Morgan fingerprint density at radius 2 is 1.95 bits per heavy atom. The van der Waals surface area contributed by atoms with Crippen LogP contribution in [-0.2, 0) is 11.3 Å². The predicted octanol–water partition coefficient (Wildman–Crippen LogP) is 3.63. The van der Waals surface area contributed by atoms with Crippen molar-refractivity contribution in [1.29, 1.82) is 0 Å². The Kier molecular flexibility index (Phi) is 9.16. The van der Waals surface area contributed by atoms with E-state index in [1.54, 1.807) is 11.3 Å². The standard InChI is InChI=1S/C17H31NO2S/c1-14(2)5-7-18(9-16-6-8-21-13-16)10-17(19)12-20-11-15(3)4/h6,8,13-15,17,19H,5,7,9-12H2,1-4H3/t17-/m0/s1. The van der Waals surface area contributed by atoms with Crippen LogP contribution in [0.4, 0.5) is 0 Å². The molecule has 1 N–H and O–H groups in total. The summed E-state index contributed by atoms with van der Waals surface area (Å²) < 4.78 is 5.54. The molecule has 0 fully saturated rings. The van der Waals surface area contributed by atoms with Crippen LogP contribution in [0.5, 0.6) is 0 Å². The SMILES string of the molecule is CC(C)CCN(Cc1ccsc1)C[C@H](O)COCC(C)C. The Hall–Kier alpha value is -0.420. The molecule has 0 unspecified atom stereocenters. The molecule has 4 heteroatoms. The van der Waals surface area contributed by atoms with Gasteiger partial charge < -0.3 is 9.84 Å². The lowest BCUT2D eigenvalue weighted by Gasteiger charge is -2.25. The highest BCUT2D eigenvalue weighted by Gasteiger charge is 2.13. The summed E-state index contributed by atoms with van der Waals surface area (Å²) in [5.74, 6) is 1.20. The van der Waals surface area contributed by atoms with Crippen molar-refractivity contribution >= 4 is 11.3 Å². The summed E-state index contributed by atoms with van der Waals surface area (Å²) in [6, 6.07) is 2.16. The van der Waals surface area contributed by atoms with E-state index < -0.39 is 6.10 Å². The molecule has 0 aromatic carbocycles. The van der Waals surface area contributed by atoms with E-state index >= 15 is 0 Å². The van der Waals surface area contributed by atoms with Crippen molar-refractivity contribution in [2.75, 3.05) is 26.3 Å². The molecule has 1 aromatic heterocycles. The Bertz CT molecular complexity index is 352. The molecule has 3 nitrogen and oxygen atoms in total. The van der Waals surface area contributed by atoms with Gasteiger partial charge in [-0.2, -0.15) is 11.3 Å². The summed E-state index contributed by atoms with van der Waals surface area (Å²) in [6.45, 7) is 12.5. The lowest BCUT2D eigenvalue weighted by atomic mass is 10.1. The number of aliphatic hydroxyl groups is 1. The van der Waals surface area contributed by atoms with E-state index in [1.807, 2.05) is 0 Å². The zero-order valence-electron chi connectivity index (χ0n) is 13.9. The van der Waals surface area contributed by atoms with Gasteiger partial charge in [0.1, 0.15) is 0 Å². The fourth-order valence-electron chi connectivity index (χ4n) is 2.11. The molecular weight excluding hydrogens is 282 g/mol. The minimum Gasteiger partial charge on any atom is -0.389 e. The molecule has 1 rings (SSSR count). The van der Waals surface area contributed by atoms with E-state index in [2.05, 4.69) is 49.4 Å². The maximum absolute atomic E-state index is 10.2. The fourth-order valence-corrected chi connectivity index (χ4v) is 2.77. The molecule has 0 radical (unpaired) electrons. The number of thiophene rings is 1. The first-order valence-electron chi connectivity index (χ1n) is 7.96. The van der Waals surface area contributed by atoms with Crippen LogP contribution in [0.15, 0.2) is 16.8 Å². The summed E-state index contributed by atoms with van der Waals surface area (Å²) in [4.78, 5) is 2.34. The van der Waals surface area contributed by atoms with Gasteiger partial charge in [0.2, 0.25) is 0 Å². The number of aliphatic hydroxyl groups excluding tert-OH is 1. The van der Waals surface area contributed by atoms with Crippen LogP contribution in [0, 0.1) is 11.8 Å². The van der Waals surface area contributed by atoms with Gasteiger partial charge in [-0.3, -0.25) is 4.90 Å². The number of hydrogen-bond acceptors (Lipinski definition) is 4. The molecule has 0 aliphatic rings. The third-order valence-electron chi connectivity index (χ3n) is 3.24. The first-order valence-corrected chi connectivity index (χ1v) is 8.91. The van der Waals surface area contributed by atoms with Crippen LogP contribution in [0.3, 0.4) is 0 Å². The minimum atomic E-state index is -0.408. The molecule has 21 heavy (non-hydrogen) atoms. The first kappa shape index (κ1) is 18.6. The van der Waals surface area contributed by atoms with Crippen LogP contribution in [0.25, 0.3) is 0 Å². The summed E-state index contributed by atoms with van der Waals surface area (Å²) in [5, 5.41) is 14.5. The van der Waals surface area contributed by atoms with Crippen molar-refractivity contribution in [3.8, 4) is 0 Å². The molecule has 0 aliphatic carbocycles. The van der Waals surface area contributed by atoms with Crippen molar-refractivity contribution in [2.45, 2.75) is 46.8 Å². The third-order valence-corrected chi connectivity index (χ3v) is 3.97. The topological polar surface area (TPSA) is 32.7 Å². The summed E-state index contributed by atoms with van der Waals surface area (Å²) in [5.41, 5.74) is 1.33. The van der Waals surface area contributed by atoms with Gasteiger partial charge in [0, 0.05) is 19.7 Å². The van der Waals surface area contributed by atoms with Gasteiger partial charge in [0.15, 0.2) is 0 Å². The number of rotatable bonds is 11. The average molecular weight is 314 g/mol. The van der Waals surface area contributed by atoms with Crippen LogP contribution in [0.2, 0.25) is 0 Å². The van der Waals surface area contributed by atoms with Crippen LogP contribution in [0.1, 0.15) is 39.7 Å². The molecule has 0 bridgehead atoms. The van der Waals surface area contributed by atoms with Crippen molar-refractivity contribution in [3.05, 3.63) is 22.4 Å². The molecule has 0 saturated heterocycles. The van der Waals surface area contributed by atoms with E-state index in [0.717, 1.165) is 19.5 Å². The smallest absolute Gasteiger partial charge is 0.0900 e. The van der Waals surface area contributed by atoms with Gasteiger partial charge in [-0.1, -0.05) is 27.7 Å². The molecule has 1 atom stereocenters. The minimum absolute atomic E-state index is 0.408. The van der Waals surface area contributed by atoms with Crippen LogP contribution in [-0.4, -0.2) is 42.4 Å². The Morgan fingerprint density at radius 3 is 2.52 bits per heavy atom. The Balaban J connectivity index is 2.39. The Morgan fingerprint density at radius 1 is 1.19 bits per heavy atom. The highest BCUT2D eigenvalue weighted by molar-refractivity contribution is 7.07. The van der Waals surface area contributed by atoms with Crippen molar-refractivity contribution in [2.24, 2.45) is 11.8 Å². The number of nitrogens with zero attached hydrogens (tertiary/aromatic N) is 1. The molecule has 0 aliphatic heterocycles. The second kappa shape index (κ2) is 10.3. The van der Waals surface area contributed by atoms with Gasteiger partial charge in [-0.05, 0) is 47.2 Å². The monoisotopic (exact) mass is 313 g/mol. The first-order chi connectivity index (χ1) is 9.97. The molecule has 1 heterocycles. The van der Waals surface area contributed by atoms with Gasteiger partial charge in [-0.25, -0.2) is 0 Å². The van der Waals surface area contributed by atoms with E-state index in [4.69, 9.17) is 4.74 Å². The summed E-state index contributed by atoms with van der Waals surface area (Å²) in [6.07, 6.45) is 0.749. The van der Waals surface area contributed by atoms with Gasteiger partial charge in [0.05, 0.1) is 12.7 Å². The van der Waals surface area contributed by atoms with Gasteiger partial charge in [-0.15, -0.1) is 0 Å². The van der Waals surface area contributed by atoms with Crippen LogP contribution >= 0.6 is 11.3 Å². The third kappa shape index (κ3) is 9.25. The van der Waals surface area contributed by atoms with Gasteiger partial charge in [0.25, 0.3) is 0 Å². The zero-order valence-corrected chi connectivity index (χ0v) is 14.7. The van der Waals surface area contributed by atoms with E-state index in [-0.39, 0.29) is 0 Å². The quantitative estimate of drug-likeness (QED) is 0.677. The summed E-state index contributed by atoms with van der Waals surface area (Å²) in [7, 11) is 0. The predicted molar refractivity (Wildman–Crippen MR) is 90.7 cm³/mol. The molecule has 122 valence electrons. The molecule has 1 aromatic rings. The molecule has 0 amide bonds. The van der Waals surface area contributed by atoms with Crippen molar-refractivity contribution in [1.82, 2.24) is 4.90 Å². The average Bonchev–Trinajstić information content (AvgIpc) is 2.88. The maximum Gasteiger partial charge on any atom is 0.0900 e. The Labute approximate surface area is 133 Å². The highest BCUT2D eigenvalue weighted by Crippen LogP contribution is 2.12. The lowest BCUT2D eigenvalue weighted by molar-refractivity contribution is 0.00630. The van der Waals surface area contributed by atoms with E-state index in [1.165, 1.54) is 5.56 Å². The number of ether oxygens (including phenoxy) is 1. The second-order valence-corrected chi connectivity index (χ2v) is 7.41. The largest absolute Gasteiger partial charge is 0.389 e. The lowest BCUT2D eigenvalue weighted by Crippen LogP contribution is -2.35. The van der Waals surface area contributed by atoms with Crippen molar-refractivity contribution in [3.63, 3.8) is 0 Å². The normalized spacial score (nSPS) is 13.5. The number of hydrogen-bond donors (Lipinski definition) is 1. The fraction of sp³-hybridized carbons (Fsp3) is 0.765. The van der Waals surface area contributed by atoms with Crippen LogP contribution < -0.4 is 0 Å². The highest BCUT2D eigenvalue weighted by atomic mass is 32.1. The van der Waals surface area contributed by atoms with E-state index in [9.17, 15) is 5.11 Å². The zero-order chi connectivity index (χ0) is 15.7. The molecule has 0 saturated carbocycles. The molecule has 0 spiro atoms. The van der Waals surface area contributed by atoms with E-state index in [0.29, 0.717) is 31.6 Å². The second-order valence-electron chi connectivity index (χ2n) is 6.63. The maximum atomic E-state index is 10.2.